The van der Waals surface area contributed by atoms with Crippen LogP contribution in [0.2, 0.25) is 0 Å². The summed E-state index contributed by atoms with van der Waals surface area (Å²) < 4.78 is 20.4. The van der Waals surface area contributed by atoms with Crippen LogP contribution in [0.15, 0.2) is 18.2 Å². The molecule has 3 atom stereocenters. The molecule has 4 aliphatic rings. The molecule has 0 radical (unpaired) electrons. The largest absolute Gasteiger partial charge is 0.442 e. The number of nitrogens with one attached hydrogen (secondary N) is 1. The predicted octanol–water partition coefficient (Wildman–Crippen LogP) is 2.12. The van der Waals surface area contributed by atoms with Crippen LogP contribution in [0.4, 0.5) is 20.6 Å². The van der Waals surface area contributed by atoms with Crippen LogP contribution in [-0.4, -0.2) is 67.7 Å². The Hall–Kier alpha value is -2.84. The second kappa shape index (κ2) is 8.26. The molecule has 0 unspecified atom stereocenters. The summed E-state index contributed by atoms with van der Waals surface area (Å²) in [5.41, 5.74) is 0.938. The normalized spacial score (nSPS) is 27.4. The molecule has 0 bridgehead atoms. The highest BCUT2D eigenvalue weighted by atomic mass is 19.1. The zero-order valence-electron chi connectivity index (χ0n) is 18.3. The molecule has 172 valence electrons. The second-order valence-electron chi connectivity index (χ2n) is 9.37. The summed E-state index contributed by atoms with van der Waals surface area (Å²) in [6, 6.07) is 4.96. The van der Waals surface area contributed by atoms with Gasteiger partial charge in [-0.05, 0) is 49.8 Å². The number of amides is 3. The average Bonchev–Trinajstić information content (AvgIpc) is 3.42. The van der Waals surface area contributed by atoms with Crippen molar-refractivity contribution in [2.45, 2.75) is 44.8 Å². The molecule has 8 nitrogen and oxygen atoms in total. The summed E-state index contributed by atoms with van der Waals surface area (Å²) in [5.74, 6) is 0.263. The van der Waals surface area contributed by atoms with E-state index >= 15 is 4.39 Å². The van der Waals surface area contributed by atoms with Crippen LogP contribution < -0.4 is 15.1 Å². The predicted molar refractivity (Wildman–Crippen MR) is 116 cm³/mol. The molecule has 1 aromatic rings. The lowest BCUT2D eigenvalue weighted by molar-refractivity contribution is -0.136. The van der Waals surface area contributed by atoms with Crippen LogP contribution in [0.5, 0.6) is 0 Å². The summed E-state index contributed by atoms with van der Waals surface area (Å²) in [6.45, 7) is 4.07. The van der Waals surface area contributed by atoms with E-state index in [2.05, 4.69) is 5.32 Å². The van der Waals surface area contributed by atoms with Gasteiger partial charge >= 0.3 is 6.09 Å². The van der Waals surface area contributed by atoms with Crippen LogP contribution in [0.1, 0.15) is 32.6 Å². The second-order valence-corrected chi connectivity index (χ2v) is 9.37. The molecule has 3 heterocycles. The van der Waals surface area contributed by atoms with E-state index in [0.717, 1.165) is 38.8 Å². The number of likely N-dealkylation sites (tertiary alicyclic amines) is 1. The van der Waals surface area contributed by atoms with Crippen molar-refractivity contribution in [3.63, 3.8) is 0 Å². The van der Waals surface area contributed by atoms with Crippen molar-refractivity contribution < 1.29 is 23.5 Å². The summed E-state index contributed by atoms with van der Waals surface area (Å²) >= 11 is 0. The highest BCUT2D eigenvalue weighted by molar-refractivity contribution is 5.90. The van der Waals surface area contributed by atoms with Gasteiger partial charge in [-0.2, -0.15) is 0 Å². The minimum absolute atomic E-state index is 0.152. The highest BCUT2D eigenvalue weighted by Crippen LogP contribution is 2.39. The monoisotopic (exact) mass is 444 g/mol. The van der Waals surface area contributed by atoms with Gasteiger partial charge in [0.25, 0.3) is 0 Å². The lowest BCUT2D eigenvalue weighted by atomic mass is 9.92. The molecular weight excluding hydrogens is 415 g/mol. The van der Waals surface area contributed by atoms with E-state index in [1.165, 1.54) is 17.9 Å². The molecule has 0 aromatic heterocycles. The maximum absolute atomic E-state index is 15.1. The molecule has 9 heteroatoms. The quantitative estimate of drug-likeness (QED) is 0.753. The van der Waals surface area contributed by atoms with Gasteiger partial charge < -0.3 is 19.9 Å². The van der Waals surface area contributed by atoms with Crippen molar-refractivity contribution in [1.29, 1.82) is 0 Å². The Bertz CT molecular complexity index is 937. The number of piperidine rings is 1. The molecule has 3 aliphatic heterocycles. The van der Waals surface area contributed by atoms with Gasteiger partial charge in [-0.25, -0.2) is 9.18 Å². The highest BCUT2D eigenvalue weighted by Gasteiger charge is 2.45. The molecule has 3 saturated heterocycles. The maximum atomic E-state index is 15.1. The molecule has 1 aliphatic carbocycles. The molecule has 3 amide bonds. The SMILES string of the molecule is CC(=O)NC[C@H]1CN(c2ccc(N3C[C@@H]4CCCN(C(=O)C5CC5)[C@@H]4C3)c(F)c2)C(=O)O1. The number of hydrogen-bond acceptors (Lipinski definition) is 5. The zero-order valence-corrected chi connectivity index (χ0v) is 18.3. The Kier molecular flexibility index (Phi) is 5.43. The van der Waals surface area contributed by atoms with Crippen molar-refractivity contribution in [3.8, 4) is 0 Å². The number of hydrogen-bond donors (Lipinski definition) is 1. The number of halogens is 1. The third kappa shape index (κ3) is 4.00. The van der Waals surface area contributed by atoms with E-state index in [0.29, 0.717) is 23.8 Å². The number of carbonyl (C=O) groups excluding carboxylic acids is 3. The first kappa shape index (κ1) is 21.0. The number of anilines is 2. The van der Waals surface area contributed by atoms with Crippen molar-refractivity contribution in [1.82, 2.24) is 10.2 Å². The number of benzene rings is 1. The maximum Gasteiger partial charge on any atom is 0.414 e. The number of nitrogens with zero attached hydrogens (tertiary/aromatic N) is 3. The van der Waals surface area contributed by atoms with Gasteiger partial charge in [0.1, 0.15) is 11.9 Å². The molecular formula is C23H29FN4O4. The first-order chi connectivity index (χ1) is 15.4. The fraction of sp³-hybridized carbons (Fsp3) is 0.609. The van der Waals surface area contributed by atoms with Crippen molar-refractivity contribution >= 4 is 29.3 Å². The average molecular weight is 445 g/mol. The van der Waals surface area contributed by atoms with Crippen molar-refractivity contribution in [2.75, 3.05) is 42.5 Å². The molecule has 5 rings (SSSR count). The Morgan fingerprint density at radius 1 is 1.19 bits per heavy atom. The summed E-state index contributed by atoms with van der Waals surface area (Å²) in [5, 5.41) is 2.63. The van der Waals surface area contributed by atoms with Crippen LogP contribution in [0, 0.1) is 17.7 Å². The summed E-state index contributed by atoms with van der Waals surface area (Å²) in [4.78, 5) is 41.5. The van der Waals surface area contributed by atoms with Gasteiger partial charge in [0.15, 0.2) is 0 Å². The summed E-state index contributed by atoms with van der Waals surface area (Å²) in [6.07, 6.45) is 3.05. The molecule has 32 heavy (non-hydrogen) atoms. The lowest BCUT2D eigenvalue weighted by Gasteiger charge is -2.37. The first-order valence-electron chi connectivity index (χ1n) is 11.5. The topological polar surface area (TPSA) is 82.2 Å². The van der Waals surface area contributed by atoms with Crippen molar-refractivity contribution in [2.24, 2.45) is 11.8 Å². The van der Waals surface area contributed by atoms with Gasteiger partial charge in [0.2, 0.25) is 11.8 Å². The van der Waals surface area contributed by atoms with E-state index in [-0.39, 0.29) is 42.7 Å². The lowest BCUT2D eigenvalue weighted by Crippen LogP contribution is -2.49. The van der Waals surface area contributed by atoms with Gasteiger partial charge in [0, 0.05) is 32.5 Å². The smallest absolute Gasteiger partial charge is 0.414 e. The first-order valence-corrected chi connectivity index (χ1v) is 11.5. The number of rotatable bonds is 5. The van der Waals surface area contributed by atoms with Gasteiger partial charge in [0.05, 0.1) is 30.5 Å². The van der Waals surface area contributed by atoms with E-state index in [4.69, 9.17) is 4.74 Å². The number of ether oxygens (including phenoxy) is 1. The molecule has 1 N–H and O–H groups in total. The van der Waals surface area contributed by atoms with Crippen LogP contribution in [0.25, 0.3) is 0 Å². The van der Waals surface area contributed by atoms with E-state index in [1.807, 2.05) is 9.80 Å². The third-order valence-electron chi connectivity index (χ3n) is 7.03. The molecule has 0 spiro atoms. The Morgan fingerprint density at radius 3 is 2.72 bits per heavy atom. The minimum atomic E-state index is -0.547. The summed E-state index contributed by atoms with van der Waals surface area (Å²) in [7, 11) is 0. The van der Waals surface area contributed by atoms with Gasteiger partial charge in [-0.3, -0.25) is 14.5 Å². The van der Waals surface area contributed by atoms with Gasteiger partial charge in [-0.1, -0.05) is 0 Å². The molecule has 1 saturated carbocycles. The van der Waals surface area contributed by atoms with E-state index < -0.39 is 12.2 Å². The van der Waals surface area contributed by atoms with Gasteiger partial charge in [-0.15, -0.1) is 0 Å². The number of carbonyl (C=O) groups is 3. The number of fused-ring (bicyclic) bond motifs is 1. The Morgan fingerprint density at radius 2 is 2.00 bits per heavy atom. The third-order valence-corrected chi connectivity index (χ3v) is 7.03. The van der Waals surface area contributed by atoms with Crippen LogP contribution in [-0.2, 0) is 14.3 Å². The fourth-order valence-corrected chi connectivity index (χ4v) is 5.23. The Balaban J connectivity index is 1.27. The van der Waals surface area contributed by atoms with Crippen molar-refractivity contribution in [3.05, 3.63) is 24.0 Å². The van der Waals surface area contributed by atoms with E-state index in [9.17, 15) is 14.4 Å². The van der Waals surface area contributed by atoms with E-state index in [1.54, 1.807) is 12.1 Å². The van der Waals surface area contributed by atoms with Crippen LogP contribution in [0.3, 0.4) is 0 Å². The molecule has 1 aromatic carbocycles. The van der Waals surface area contributed by atoms with Crippen LogP contribution >= 0.6 is 0 Å². The zero-order chi connectivity index (χ0) is 22.4. The fourth-order valence-electron chi connectivity index (χ4n) is 5.23. The Labute approximate surface area is 186 Å². The number of cyclic esters (lactones) is 1. The molecule has 4 fully saturated rings. The standard InChI is InChI=1S/C23H29FN4O4/c1-14(29)25-10-18-12-28(23(31)32-18)17-6-7-20(19(24)9-17)26-11-16-3-2-8-27(21(16)13-26)22(30)15-4-5-15/h6-7,9,15-16,18,21H,2-5,8,10-13H2,1H3,(H,25,29)/t16-,18-,21+/m0/s1. The minimum Gasteiger partial charge on any atom is -0.442 e.